The number of nitrogens with zero attached hydrogens (tertiary/aromatic N) is 1. The van der Waals surface area contributed by atoms with Gasteiger partial charge in [-0.3, -0.25) is 0 Å². The molecule has 1 N–H and O–H groups in total. The van der Waals surface area contributed by atoms with Gasteiger partial charge in [-0.15, -0.1) is 0 Å². The molecule has 0 amide bonds. The van der Waals surface area contributed by atoms with Crippen molar-refractivity contribution < 1.29 is 0 Å². The molecule has 1 aromatic heterocycles. The summed E-state index contributed by atoms with van der Waals surface area (Å²) in [6, 6.07) is 2.28. The van der Waals surface area contributed by atoms with Crippen LogP contribution in [0.4, 0.5) is 0 Å². The highest BCUT2D eigenvalue weighted by atomic mass is 32.2. The summed E-state index contributed by atoms with van der Waals surface area (Å²) in [5.41, 5.74) is 4.14. The maximum atomic E-state index is 3.54. The molecule has 0 saturated carbocycles. The van der Waals surface area contributed by atoms with Crippen LogP contribution in [0.1, 0.15) is 23.9 Å². The van der Waals surface area contributed by atoms with E-state index in [4.69, 9.17) is 0 Å². The summed E-state index contributed by atoms with van der Waals surface area (Å²) < 4.78 is 2.25. The molecule has 0 spiro atoms. The third-order valence-corrected chi connectivity index (χ3v) is 4.04. The minimum Gasteiger partial charge on any atom is -0.352 e. The van der Waals surface area contributed by atoms with Gasteiger partial charge in [-0.05, 0) is 49.9 Å². The molecule has 3 heteroatoms. The van der Waals surface area contributed by atoms with E-state index in [1.807, 2.05) is 11.8 Å². The molecule has 0 fully saturated rings. The van der Waals surface area contributed by atoms with E-state index in [9.17, 15) is 0 Å². The number of hydrogen-bond donors (Lipinski definition) is 1. The number of thioether (sulfide) groups is 1. The number of aryl methyl sites for hydroxylation is 1. The number of aromatic nitrogens is 1. The van der Waals surface area contributed by atoms with Crippen molar-refractivity contribution in [3.8, 4) is 0 Å². The van der Waals surface area contributed by atoms with Crippen molar-refractivity contribution >= 4 is 11.8 Å². The van der Waals surface area contributed by atoms with E-state index in [2.05, 4.69) is 50.0 Å². The average molecular weight is 240 g/mol. The van der Waals surface area contributed by atoms with Crippen LogP contribution < -0.4 is 5.32 Å². The summed E-state index contributed by atoms with van der Waals surface area (Å²) in [7, 11) is 2.13. The molecule has 92 valence electrons. The molecule has 1 unspecified atom stereocenters. The molecule has 1 aromatic rings. The minimum absolute atomic E-state index is 0.750. The fourth-order valence-corrected chi connectivity index (χ4v) is 2.60. The Labute approximate surface area is 104 Å². The molecule has 16 heavy (non-hydrogen) atoms. The lowest BCUT2D eigenvalue weighted by molar-refractivity contribution is 0.558. The second-order valence-electron chi connectivity index (χ2n) is 4.65. The van der Waals surface area contributed by atoms with E-state index in [-0.39, 0.29) is 0 Å². The van der Waals surface area contributed by atoms with Crippen LogP contribution in [0, 0.1) is 19.8 Å². The highest BCUT2D eigenvalue weighted by molar-refractivity contribution is 7.98. The summed E-state index contributed by atoms with van der Waals surface area (Å²) >= 11 is 1.92. The lowest BCUT2D eigenvalue weighted by Crippen LogP contribution is -2.22. The average Bonchev–Trinajstić information content (AvgIpc) is 2.47. The Morgan fingerprint density at radius 2 is 2.12 bits per heavy atom. The van der Waals surface area contributed by atoms with Gasteiger partial charge in [0.25, 0.3) is 0 Å². The van der Waals surface area contributed by atoms with Crippen molar-refractivity contribution in [3.63, 3.8) is 0 Å². The lowest BCUT2D eigenvalue weighted by Gasteiger charge is -2.11. The zero-order chi connectivity index (χ0) is 12.1. The van der Waals surface area contributed by atoms with Crippen LogP contribution in [0.5, 0.6) is 0 Å². The predicted molar refractivity (Wildman–Crippen MR) is 74.1 cm³/mol. The zero-order valence-corrected chi connectivity index (χ0v) is 11.9. The van der Waals surface area contributed by atoms with E-state index in [1.54, 1.807) is 0 Å². The van der Waals surface area contributed by atoms with Gasteiger partial charge in [0, 0.05) is 25.0 Å². The van der Waals surface area contributed by atoms with Gasteiger partial charge in [0.15, 0.2) is 0 Å². The Kier molecular flexibility index (Phi) is 5.42. The highest BCUT2D eigenvalue weighted by Gasteiger charge is 2.06. The van der Waals surface area contributed by atoms with E-state index in [0.717, 1.165) is 19.0 Å². The Hall–Kier alpha value is -0.410. The smallest absolute Gasteiger partial charge is 0.0223 e. The van der Waals surface area contributed by atoms with Crippen molar-refractivity contribution in [2.24, 2.45) is 13.0 Å². The lowest BCUT2D eigenvalue weighted by atomic mass is 10.2. The molecule has 0 aliphatic heterocycles. The summed E-state index contributed by atoms with van der Waals surface area (Å²) in [5, 5.41) is 3.54. The maximum absolute atomic E-state index is 3.54. The standard InChI is InChI=1S/C13H24N2S/c1-10(9-16-5)7-14-8-13-6-11(2)15(4)12(13)3/h6,10,14H,7-9H2,1-5H3. The molecule has 1 atom stereocenters. The zero-order valence-electron chi connectivity index (χ0n) is 11.1. The van der Waals surface area contributed by atoms with E-state index in [1.165, 1.54) is 22.7 Å². The van der Waals surface area contributed by atoms with E-state index < -0.39 is 0 Å². The molecule has 0 aliphatic rings. The third-order valence-electron chi connectivity index (χ3n) is 3.14. The van der Waals surface area contributed by atoms with E-state index in [0.29, 0.717) is 0 Å². The first-order chi connectivity index (χ1) is 7.56. The second kappa shape index (κ2) is 6.36. The van der Waals surface area contributed by atoms with Gasteiger partial charge in [0.2, 0.25) is 0 Å². The van der Waals surface area contributed by atoms with Crippen molar-refractivity contribution in [1.29, 1.82) is 0 Å². The predicted octanol–water partition coefficient (Wildman–Crippen LogP) is 2.73. The van der Waals surface area contributed by atoms with Crippen molar-refractivity contribution in [3.05, 3.63) is 23.0 Å². The topological polar surface area (TPSA) is 17.0 Å². The minimum atomic E-state index is 0.750. The Morgan fingerprint density at radius 3 is 2.62 bits per heavy atom. The van der Waals surface area contributed by atoms with Crippen LogP contribution >= 0.6 is 11.8 Å². The highest BCUT2D eigenvalue weighted by Crippen LogP contribution is 2.13. The van der Waals surface area contributed by atoms with Gasteiger partial charge in [-0.1, -0.05) is 6.92 Å². The van der Waals surface area contributed by atoms with Crippen LogP contribution in [0.15, 0.2) is 6.07 Å². The molecular formula is C13H24N2S. The molecule has 2 nitrogen and oxygen atoms in total. The van der Waals surface area contributed by atoms with Gasteiger partial charge in [-0.2, -0.15) is 11.8 Å². The number of hydrogen-bond acceptors (Lipinski definition) is 2. The molecule has 0 radical (unpaired) electrons. The molecule has 1 heterocycles. The molecule has 1 rings (SSSR count). The Morgan fingerprint density at radius 1 is 1.44 bits per heavy atom. The molecule has 0 aliphatic carbocycles. The monoisotopic (exact) mass is 240 g/mol. The van der Waals surface area contributed by atoms with Gasteiger partial charge in [0.1, 0.15) is 0 Å². The van der Waals surface area contributed by atoms with Gasteiger partial charge < -0.3 is 9.88 Å². The summed E-state index contributed by atoms with van der Waals surface area (Å²) in [4.78, 5) is 0. The van der Waals surface area contributed by atoms with Gasteiger partial charge >= 0.3 is 0 Å². The molecule has 0 bridgehead atoms. The summed E-state index contributed by atoms with van der Waals surface area (Å²) in [6.07, 6.45) is 2.17. The van der Waals surface area contributed by atoms with Crippen LogP contribution in [-0.4, -0.2) is 23.1 Å². The van der Waals surface area contributed by atoms with Crippen LogP contribution in [0.3, 0.4) is 0 Å². The first-order valence-corrected chi connectivity index (χ1v) is 7.27. The van der Waals surface area contributed by atoms with Crippen molar-refractivity contribution in [2.45, 2.75) is 27.3 Å². The van der Waals surface area contributed by atoms with Gasteiger partial charge in [-0.25, -0.2) is 0 Å². The van der Waals surface area contributed by atoms with Crippen molar-refractivity contribution in [1.82, 2.24) is 9.88 Å². The first-order valence-electron chi connectivity index (χ1n) is 5.87. The third kappa shape index (κ3) is 3.56. The number of nitrogens with one attached hydrogen (secondary N) is 1. The fourth-order valence-electron chi connectivity index (χ4n) is 1.91. The molecule has 0 saturated heterocycles. The van der Waals surface area contributed by atoms with Crippen LogP contribution in [-0.2, 0) is 13.6 Å². The van der Waals surface area contributed by atoms with Crippen LogP contribution in [0.2, 0.25) is 0 Å². The van der Waals surface area contributed by atoms with Crippen molar-refractivity contribution in [2.75, 3.05) is 18.6 Å². The Balaban J connectivity index is 2.40. The SMILES string of the molecule is CSCC(C)CNCc1cc(C)n(C)c1C. The quantitative estimate of drug-likeness (QED) is 0.823. The van der Waals surface area contributed by atoms with Crippen LogP contribution in [0.25, 0.3) is 0 Å². The first kappa shape index (κ1) is 13.7. The Bertz CT molecular complexity index is 331. The maximum Gasteiger partial charge on any atom is 0.0223 e. The normalized spacial score (nSPS) is 13.1. The number of rotatable bonds is 6. The molecular weight excluding hydrogens is 216 g/mol. The molecule has 0 aromatic carbocycles. The largest absolute Gasteiger partial charge is 0.352 e. The van der Waals surface area contributed by atoms with Gasteiger partial charge in [0.05, 0.1) is 0 Å². The summed E-state index contributed by atoms with van der Waals surface area (Å²) in [5.74, 6) is 1.99. The fraction of sp³-hybridized carbons (Fsp3) is 0.692. The second-order valence-corrected chi connectivity index (χ2v) is 5.56. The van der Waals surface area contributed by atoms with E-state index >= 15 is 0 Å². The summed E-state index contributed by atoms with van der Waals surface area (Å²) in [6.45, 7) is 8.75.